The summed E-state index contributed by atoms with van der Waals surface area (Å²) in [6.07, 6.45) is 1.63. The fraction of sp³-hybridized carbons (Fsp3) is 0.182. The number of hydrogen-bond acceptors (Lipinski definition) is 4. The highest BCUT2D eigenvalue weighted by molar-refractivity contribution is 6.05. The Hall–Kier alpha value is -3.34. The van der Waals surface area contributed by atoms with Gasteiger partial charge in [-0.05, 0) is 49.2 Å². The molecule has 1 amide bonds. The van der Waals surface area contributed by atoms with Crippen LogP contribution in [0, 0.1) is 6.92 Å². The smallest absolute Gasteiger partial charge is 0.255 e. The molecule has 0 fully saturated rings. The second kappa shape index (κ2) is 8.85. The normalized spacial score (nSPS) is 10.3. The minimum absolute atomic E-state index is 0.205. The third-order valence-electron chi connectivity index (χ3n) is 4.18. The number of benzene rings is 2. The Bertz CT molecular complexity index is 925. The predicted molar refractivity (Wildman–Crippen MR) is 108 cm³/mol. The molecule has 2 N–H and O–H groups in total. The maximum Gasteiger partial charge on any atom is 0.255 e. The van der Waals surface area contributed by atoms with Crippen LogP contribution >= 0.6 is 0 Å². The first kappa shape index (κ1) is 18.5. The highest BCUT2D eigenvalue weighted by atomic mass is 16.5. The van der Waals surface area contributed by atoms with Crippen LogP contribution in [0.2, 0.25) is 0 Å². The van der Waals surface area contributed by atoms with Crippen LogP contribution in [0.4, 0.5) is 11.5 Å². The van der Waals surface area contributed by atoms with Gasteiger partial charge in [0.2, 0.25) is 0 Å². The van der Waals surface area contributed by atoms with E-state index in [1.54, 1.807) is 18.3 Å². The summed E-state index contributed by atoms with van der Waals surface area (Å²) >= 11 is 0. The number of pyridine rings is 1. The van der Waals surface area contributed by atoms with Gasteiger partial charge in [-0.3, -0.25) is 4.79 Å². The summed E-state index contributed by atoms with van der Waals surface area (Å²) in [6, 6.07) is 19.0. The van der Waals surface area contributed by atoms with Crippen molar-refractivity contribution >= 4 is 17.4 Å². The molecule has 0 bridgehead atoms. The first-order chi connectivity index (χ1) is 13.2. The number of rotatable bonds is 7. The summed E-state index contributed by atoms with van der Waals surface area (Å²) in [6.45, 7) is 5.17. The largest absolute Gasteiger partial charge is 0.492 e. The molecule has 27 heavy (non-hydrogen) atoms. The molecule has 0 unspecified atom stereocenters. The Balaban J connectivity index is 1.70. The Morgan fingerprint density at radius 2 is 1.85 bits per heavy atom. The first-order valence-corrected chi connectivity index (χ1v) is 8.95. The van der Waals surface area contributed by atoms with E-state index < -0.39 is 0 Å². The molecular weight excluding hydrogens is 338 g/mol. The van der Waals surface area contributed by atoms with Crippen LogP contribution in [0.5, 0.6) is 5.75 Å². The van der Waals surface area contributed by atoms with Gasteiger partial charge in [0, 0.05) is 18.3 Å². The number of nitrogens with one attached hydrogen (secondary N) is 2. The van der Waals surface area contributed by atoms with Crippen LogP contribution < -0.4 is 15.4 Å². The van der Waals surface area contributed by atoms with Crippen molar-refractivity contribution < 1.29 is 9.53 Å². The van der Waals surface area contributed by atoms with Crippen LogP contribution in [0.25, 0.3) is 0 Å². The number of carbonyl (C=O) groups excluding carboxylic acids is 1. The lowest BCUT2D eigenvalue weighted by atomic mass is 10.1. The lowest BCUT2D eigenvalue weighted by Crippen LogP contribution is -2.14. The van der Waals surface area contributed by atoms with Crippen molar-refractivity contribution in [3.8, 4) is 5.75 Å². The Morgan fingerprint density at radius 3 is 2.67 bits per heavy atom. The quantitative estimate of drug-likeness (QED) is 0.643. The second-order valence-electron chi connectivity index (χ2n) is 6.09. The zero-order valence-corrected chi connectivity index (χ0v) is 15.5. The standard InChI is InChI=1S/C22H23N3O2/c1-3-27-20-11-7-6-10-19(20)25-22(26)17-12-13-23-21(14-17)24-15-18-9-5-4-8-16(18)2/h4-14H,3,15H2,1-2H3,(H,23,24)(H,25,26). The molecule has 3 rings (SSSR count). The Morgan fingerprint density at radius 1 is 1.07 bits per heavy atom. The highest BCUT2D eigenvalue weighted by Gasteiger charge is 2.10. The van der Waals surface area contributed by atoms with Crippen molar-refractivity contribution in [2.45, 2.75) is 20.4 Å². The summed E-state index contributed by atoms with van der Waals surface area (Å²) in [5.74, 6) is 1.10. The minimum atomic E-state index is -0.205. The molecule has 0 aliphatic carbocycles. The molecule has 5 heteroatoms. The fourth-order valence-electron chi connectivity index (χ4n) is 2.71. The number of ether oxygens (including phenoxy) is 1. The highest BCUT2D eigenvalue weighted by Crippen LogP contribution is 2.24. The summed E-state index contributed by atoms with van der Waals surface area (Å²) in [7, 11) is 0. The maximum absolute atomic E-state index is 12.6. The predicted octanol–water partition coefficient (Wildman–Crippen LogP) is 4.65. The number of para-hydroxylation sites is 2. The number of hydrogen-bond donors (Lipinski definition) is 2. The van der Waals surface area contributed by atoms with Crippen molar-refractivity contribution in [3.63, 3.8) is 0 Å². The van der Waals surface area contributed by atoms with Gasteiger partial charge in [0.25, 0.3) is 5.91 Å². The van der Waals surface area contributed by atoms with E-state index in [4.69, 9.17) is 4.74 Å². The molecule has 1 heterocycles. The third-order valence-corrected chi connectivity index (χ3v) is 4.18. The molecule has 0 atom stereocenters. The van der Waals surface area contributed by atoms with E-state index >= 15 is 0 Å². The second-order valence-corrected chi connectivity index (χ2v) is 6.09. The van der Waals surface area contributed by atoms with Gasteiger partial charge in [0.1, 0.15) is 11.6 Å². The van der Waals surface area contributed by atoms with Gasteiger partial charge >= 0.3 is 0 Å². The average molecular weight is 361 g/mol. The number of carbonyl (C=O) groups is 1. The Kier molecular flexibility index (Phi) is 6.05. The summed E-state index contributed by atoms with van der Waals surface area (Å²) in [4.78, 5) is 16.9. The molecule has 3 aromatic rings. The number of anilines is 2. The molecule has 0 aliphatic rings. The monoisotopic (exact) mass is 361 g/mol. The third kappa shape index (κ3) is 4.85. The summed E-state index contributed by atoms with van der Waals surface area (Å²) < 4.78 is 5.56. The van der Waals surface area contributed by atoms with Gasteiger partial charge in [0.15, 0.2) is 0 Å². The van der Waals surface area contributed by atoms with E-state index in [0.717, 1.165) is 0 Å². The van der Waals surface area contributed by atoms with Crippen LogP contribution in [-0.2, 0) is 6.54 Å². The van der Waals surface area contributed by atoms with E-state index in [1.165, 1.54) is 11.1 Å². The van der Waals surface area contributed by atoms with Crippen molar-refractivity contribution in [1.82, 2.24) is 4.98 Å². The fourth-order valence-corrected chi connectivity index (χ4v) is 2.71. The first-order valence-electron chi connectivity index (χ1n) is 8.95. The van der Waals surface area contributed by atoms with Gasteiger partial charge in [-0.1, -0.05) is 36.4 Å². The minimum Gasteiger partial charge on any atom is -0.492 e. The SMILES string of the molecule is CCOc1ccccc1NC(=O)c1ccnc(NCc2ccccc2C)c1. The topological polar surface area (TPSA) is 63.2 Å². The maximum atomic E-state index is 12.6. The van der Waals surface area contributed by atoms with Gasteiger partial charge in [-0.2, -0.15) is 0 Å². The van der Waals surface area contributed by atoms with Crippen LogP contribution in [0.15, 0.2) is 66.9 Å². The molecule has 0 saturated heterocycles. The molecule has 0 spiro atoms. The van der Waals surface area contributed by atoms with E-state index in [2.05, 4.69) is 34.7 Å². The number of aromatic nitrogens is 1. The number of aryl methyl sites for hydroxylation is 1. The van der Waals surface area contributed by atoms with Crippen LogP contribution in [0.1, 0.15) is 28.4 Å². The molecule has 138 valence electrons. The zero-order valence-electron chi connectivity index (χ0n) is 15.5. The molecule has 0 aliphatic heterocycles. The van der Waals surface area contributed by atoms with E-state index in [0.29, 0.717) is 36.0 Å². The summed E-state index contributed by atoms with van der Waals surface area (Å²) in [5.41, 5.74) is 3.59. The van der Waals surface area contributed by atoms with E-state index in [9.17, 15) is 4.79 Å². The van der Waals surface area contributed by atoms with Gasteiger partial charge in [-0.25, -0.2) is 4.98 Å². The lowest BCUT2D eigenvalue weighted by molar-refractivity contribution is 0.102. The van der Waals surface area contributed by atoms with Crippen molar-refractivity contribution in [2.75, 3.05) is 17.2 Å². The molecule has 0 radical (unpaired) electrons. The van der Waals surface area contributed by atoms with Crippen LogP contribution in [-0.4, -0.2) is 17.5 Å². The van der Waals surface area contributed by atoms with Crippen molar-refractivity contribution in [1.29, 1.82) is 0 Å². The molecule has 2 aromatic carbocycles. The van der Waals surface area contributed by atoms with E-state index in [1.807, 2.05) is 43.3 Å². The zero-order chi connectivity index (χ0) is 19.1. The van der Waals surface area contributed by atoms with Gasteiger partial charge < -0.3 is 15.4 Å². The van der Waals surface area contributed by atoms with Gasteiger partial charge in [0.05, 0.1) is 12.3 Å². The number of amides is 1. The molecule has 0 saturated carbocycles. The number of nitrogens with zero attached hydrogens (tertiary/aromatic N) is 1. The molecular formula is C22H23N3O2. The van der Waals surface area contributed by atoms with Crippen LogP contribution in [0.3, 0.4) is 0 Å². The van der Waals surface area contributed by atoms with Gasteiger partial charge in [-0.15, -0.1) is 0 Å². The van der Waals surface area contributed by atoms with Crippen molar-refractivity contribution in [3.05, 3.63) is 83.6 Å². The Labute approximate surface area is 159 Å². The lowest BCUT2D eigenvalue weighted by Gasteiger charge is -2.12. The molecule has 1 aromatic heterocycles. The van der Waals surface area contributed by atoms with E-state index in [-0.39, 0.29) is 5.91 Å². The molecule has 5 nitrogen and oxygen atoms in total. The average Bonchev–Trinajstić information content (AvgIpc) is 2.69. The van der Waals surface area contributed by atoms with Crippen molar-refractivity contribution in [2.24, 2.45) is 0 Å². The summed E-state index contributed by atoms with van der Waals surface area (Å²) in [5, 5.41) is 6.18.